The molecule has 1 atom stereocenters. The fourth-order valence-corrected chi connectivity index (χ4v) is 1.98. The maximum atomic E-state index is 12.5. The molecule has 1 aromatic rings. The van der Waals surface area contributed by atoms with Crippen LogP contribution < -0.4 is 5.73 Å². The van der Waals surface area contributed by atoms with Gasteiger partial charge in [0.2, 0.25) is 0 Å². The molecule has 0 aromatic heterocycles. The molecule has 1 nitrogen and oxygen atoms in total. The van der Waals surface area contributed by atoms with Gasteiger partial charge < -0.3 is 5.73 Å². The van der Waals surface area contributed by atoms with Crippen molar-refractivity contribution in [3.63, 3.8) is 0 Å². The number of alkyl halides is 3. The second kappa shape index (κ2) is 6.61. The molecule has 0 unspecified atom stereocenters. The molecule has 17 heavy (non-hydrogen) atoms. The van der Waals surface area contributed by atoms with E-state index in [0.29, 0.717) is 16.5 Å². The van der Waals surface area contributed by atoms with Crippen LogP contribution in [0.25, 0.3) is 0 Å². The summed E-state index contributed by atoms with van der Waals surface area (Å²) >= 11 is 3.07. The highest BCUT2D eigenvalue weighted by Gasteiger charge is 2.31. The Hall–Kier alpha value is -0.260. The highest BCUT2D eigenvalue weighted by Crippen LogP contribution is 2.33. The summed E-state index contributed by atoms with van der Waals surface area (Å²) in [5.74, 6) is 0. The lowest BCUT2D eigenvalue weighted by molar-refractivity contribution is -0.137. The lowest BCUT2D eigenvalue weighted by Gasteiger charge is -2.14. The van der Waals surface area contributed by atoms with E-state index in [2.05, 4.69) is 15.9 Å². The molecule has 0 fully saturated rings. The summed E-state index contributed by atoms with van der Waals surface area (Å²) < 4.78 is 38.0. The van der Waals surface area contributed by atoms with E-state index >= 15 is 0 Å². The number of hydrogen-bond donors (Lipinski definition) is 1. The minimum absolute atomic E-state index is 0. The maximum absolute atomic E-state index is 12.5. The summed E-state index contributed by atoms with van der Waals surface area (Å²) in [7, 11) is 0. The lowest BCUT2D eigenvalue weighted by Crippen LogP contribution is -2.12. The quantitative estimate of drug-likeness (QED) is 0.854. The largest absolute Gasteiger partial charge is 0.416 e. The average molecular weight is 333 g/mol. The van der Waals surface area contributed by atoms with Gasteiger partial charge in [-0.25, -0.2) is 0 Å². The van der Waals surface area contributed by atoms with E-state index < -0.39 is 11.7 Å². The molecule has 0 aliphatic rings. The topological polar surface area (TPSA) is 26.0 Å². The van der Waals surface area contributed by atoms with Crippen molar-refractivity contribution in [3.05, 3.63) is 33.8 Å². The van der Waals surface area contributed by atoms with Crippen molar-refractivity contribution in [2.75, 3.05) is 0 Å². The van der Waals surface area contributed by atoms with Crippen molar-refractivity contribution in [1.29, 1.82) is 0 Å². The predicted molar refractivity (Wildman–Crippen MR) is 68.2 cm³/mol. The van der Waals surface area contributed by atoms with Crippen molar-refractivity contribution in [1.82, 2.24) is 0 Å². The minimum Gasteiger partial charge on any atom is -0.324 e. The Balaban J connectivity index is 0.00000256. The van der Waals surface area contributed by atoms with E-state index in [1.807, 2.05) is 6.92 Å². The van der Waals surface area contributed by atoms with Gasteiger partial charge >= 0.3 is 6.18 Å². The SMILES string of the molecule is CCC[C@H](N)c1cc(Br)cc(C(F)(F)F)c1.Cl. The molecule has 0 aliphatic heterocycles. The zero-order valence-corrected chi connectivity index (χ0v) is 11.6. The first-order valence-electron chi connectivity index (χ1n) is 4.98. The Morgan fingerprint density at radius 3 is 2.35 bits per heavy atom. The molecule has 0 radical (unpaired) electrons. The van der Waals surface area contributed by atoms with E-state index in [4.69, 9.17) is 5.73 Å². The van der Waals surface area contributed by atoms with Gasteiger partial charge in [0.05, 0.1) is 5.56 Å². The van der Waals surface area contributed by atoms with Crippen molar-refractivity contribution < 1.29 is 13.2 Å². The first kappa shape index (κ1) is 16.7. The van der Waals surface area contributed by atoms with Gasteiger partial charge in [-0.1, -0.05) is 29.3 Å². The Kier molecular flexibility index (Phi) is 6.51. The molecule has 0 saturated carbocycles. The Labute approximate surface area is 113 Å². The second-order valence-electron chi connectivity index (χ2n) is 3.67. The molecule has 0 saturated heterocycles. The Bertz CT molecular complexity index is 368. The van der Waals surface area contributed by atoms with E-state index in [9.17, 15) is 13.2 Å². The van der Waals surface area contributed by atoms with E-state index in [1.165, 1.54) is 0 Å². The van der Waals surface area contributed by atoms with Crippen LogP contribution in [0.2, 0.25) is 0 Å². The normalized spacial score (nSPS) is 13.1. The third-order valence-corrected chi connectivity index (χ3v) is 2.73. The number of nitrogens with two attached hydrogens (primary N) is 1. The summed E-state index contributed by atoms with van der Waals surface area (Å²) in [6.07, 6.45) is -2.81. The van der Waals surface area contributed by atoms with E-state index in [-0.39, 0.29) is 18.4 Å². The molecule has 0 amide bonds. The second-order valence-corrected chi connectivity index (χ2v) is 4.58. The molecule has 0 aliphatic carbocycles. The van der Waals surface area contributed by atoms with Crippen molar-refractivity contribution >= 4 is 28.3 Å². The molecule has 0 heterocycles. The summed E-state index contributed by atoms with van der Waals surface area (Å²) in [6.45, 7) is 1.95. The van der Waals surface area contributed by atoms with Crippen molar-refractivity contribution in [2.24, 2.45) is 5.73 Å². The fourth-order valence-electron chi connectivity index (χ4n) is 1.47. The maximum Gasteiger partial charge on any atom is 0.416 e. The first-order chi connectivity index (χ1) is 7.34. The summed E-state index contributed by atoms with van der Waals surface area (Å²) in [6, 6.07) is 3.46. The van der Waals surface area contributed by atoms with Crippen LogP contribution in [0, 0.1) is 0 Å². The average Bonchev–Trinajstić information content (AvgIpc) is 2.16. The lowest BCUT2D eigenvalue weighted by atomic mass is 10.0. The number of benzene rings is 1. The molecule has 98 valence electrons. The third-order valence-electron chi connectivity index (χ3n) is 2.28. The molecular weight excluding hydrogens is 318 g/mol. The van der Waals surface area contributed by atoms with Gasteiger partial charge in [0, 0.05) is 10.5 Å². The zero-order chi connectivity index (χ0) is 12.3. The van der Waals surface area contributed by atoms with Crippen LogP contribution in [-0.4, -0.2) is 0 Å². The molecule has 2 N–H and O–H groups in total. The fraction of sp³-hybridized carbons (Fsp3) is 0.455. The number of hydrogen-bond acceptors (Lipinski definition) is 1. The van der Waals surface area contributed by atoms with Gasteiger partial charge in [0.15, 0.2) is 0 Å². The predicted octanol–water partition coefficient (Wildman–Crippen LogP) is 4.69. The zero-order valence-electron chi connectivity index (χ0n) is 9.22. The smallest absolute Gasteiger partial charge is 0.324 e. The Morgan fingerprint density at radius 2 is 1.88 bits per heavy atom. The monoisotopic (exact) mass is 331 g/mol. The molecule has 1 aromatic carbocycles. The van der Waals surface area contributed by atoms with Crippen molar-refractivity contribution in [3.8, 4) is 0 Å². The van der Waals surface area contributed by atoms with Gasteiger partial charge in [-0.2, -0.15) is 13.2 Å². The van der Waals surface area contributed by atoms with E-state index in [0.717, 1.165) is 18.6 Å². The summed E-state index contributed by atoms with van der Waals surface area (Å²) in [4.78, 5) is 0. The third kappa shape index (κ3) is 4.85. The molecule has 1 rings (SSSR count). The van der Waals surface area contributed by atoms with Crippen LogP contribution in [-0.2, 0) is 6.18 Å². The van der Waals surface area contributed by atoms with E-state index in [1.54, 1.807) is 6.07 Å². The molecule has 6 heteroatoms. The van der Waals surface area contributed by atoms with Crippen LogP contribution >= 0.6 is 28.3 Å². The summed E-state index contributed by atoms with van der Waals surface area (Å²) in [5, 5.41) is 0. The molecule has 0 bridgehead atoms. The van der Waals surface area contributed by atoms with Gasteiger partial charge in [-0.3, -0.25) is 0 Å². The standard InChI is InChI=1S/C11H13BrF3N.ClH/c1-2-3-10(16)7-4-8(11(13,14)15)6-9(12)5-7;/h4-6,10H,2-3,16H2,1H3;1H/t10-;/m0./s1. The Morgan fingerprint density at radius 1 is 1.29 bits per heavy atom. The first-order valence-corrected chi connectivity index (χ1v) is 5.77. The highest BCUT2D eigenvalue weighted by atomic mass is 79.9. The minimum atomic E-state index is -4.33. The van der Waals surface area contributed by atoms with Crippen LogP contribution in [0.1, 0.15) is 36.9 Å². The number of halogens is 5. The van der Waals surface area contributed by atoms with Crippen molar-refractivity contribution in [2.45, 2.75) is 32.0 Å². The van der Waals surface area contributed by atoms with Gasteiger partial charge in [0.1, 0.15) is 0 Å². The molecular formula is C11H14BrClF3N. The van der Waals surface area contributed by atoms with Crippen LogP contribution in [0.3, 0.4) is 0 Å². The van der Waals surface area contributed by atoms with Crippen LogP contribution in [0.4, 0.5) is 13.2 Å². The van der Waals surface area contributed by atoms with Crippen LogP contribution in [0.15, 0.2) is 22.7 Å². The summed E-state index contributed by atoms with van der Waals surface area (Å²) in [5.41, 5.74) is 5.65. The highest BCUT2D eigenvalue weighted by molar-refractivity contribution is 9.10. The number of rotatable bonds is 3. The molecule has 0 spiro atoms. The van der Waals surface area contributed by atoms with Gasteiger partial charge in [-0.15, -0.1) is 12.4 Å². The van der Waals surface area contributed by atoms with Crippen LogP contribution in [0.5, 0.6) is 0 Å². The van der Waals surface area contributed by atoms with Gasteiger partial charge in [-0.05, 0) is 30.2 Å². The van der Waals surface area contributed by atoms with Gasteiger partial charge in [0.25, 0.3) is 0 Å².